The number of benzene rings is 2. The molecule has 2 aromatic carbocycles. The van der Waals surface area contributed by atoms with Crippen molar-refractivity contribution < 1.29 is 23.5 Å². The first-order valence-corrected chi connectivity index (χ1v) is 13.8. The predicted octanol–water partition coefficient (Wildman–Crippen LogP) is 3.74. The minimum absolute atomic E-state index is 0.157. The van der Waals surface area contributed by atoms with Gasteiger partial charge in [-0.25, -0.2) is 9.18 Å². The van der Waals surface area contributed by atoms with Gasteiger partial charge in [0.15, 0.2) is 5.11 Å². The fourth-order valence-electron chi connectivity index (χ4n) is 4.69. The largest absolute Gasteiger partial charge is 0.442 e. The van der Waals surface area contributed by atoms with Gasteiger partial charge in [0.25, 0.3) is 5.91 Å². The van der Waals surface area contributed by atoms with E-state index in [1.54, 1.807) is 47.4 Å². The molecule has 11 heteroatoms. The Morgan fingerprint density at radius 3 is 2.58 bits per heavy atom. The highest BCUT2D eigenvalue weighted by atomic mass is 32.1. The maximum atomic E-state index is 15.1. The summed E-state index contributed by atoms with van der Waals surface area (Å²) in [5.41, 5.74) is 2.58. The number of amides is 3. The van der Waals surface area contributed by atoms with Crippen molar-refractivity contribution in [3.63, 3.8) is 0 Å². The highest BCUT2D eigenvalue weighted by molar-refractivity contribution is 7.80. The summed E-state index contributed by atoms with van der Waals surface area (Å²) >= 11 is 5.38. The number of halogens is 1. The normalized spacial score (nSPS) is 18.1. The average Bonchev–Trinajstić information content (AvgIpc) is 3.44. The van der Waals surface area contributed by atoms with Crippen LogP contribution in [0.25, 0.3) is 17.2 Å². The van der Waals surface area contributed by atoms with Gasteiger partial charge in [-0.2, -0.15) is 0 Å². The van der Waals surface area contributed by atoms with E-state index in [4.69, 9.17) is 17.0 Å². The Bertz CT molecular complexity index is 1310. The van der Waals surface area contributed by atoms with Gasteiger partial charge >= 0.3 is 6.09 Å². The molecule has 0 radical (unpaired) electrons. The van der Waals surface area contributed by atoms with E-state index < -0.39 is 18.0 Å². The van der Waals surface area contributed by atoms with E-state index in [1.165, 1.54) is 17.9 Å². The van der Waals surface area contributed by atoms with Crippen LogP contribution in [0.15, 0.2) is 48.2 Å². The predicted molar refractivity (Wildman–Crippen MR) is 156 cm³/mol. The summed E-state index contributed by atoms with van der Waals surface area (Å²) in [6.07, 6.45) is 1.48. The van der Waals surface area contributed by atoms with E-state index in [9.17, 15) is 14.4 Å². The Kier molecular flexibility index (Phi) is 9.49. The fraction of sp³-hybridized carbons (Fsp3) is 0.379. The number of cyclic esters (lactones) is 1. The van der Waals surface area contributed by atoms with Crippen LogP contribution in [0.1, 0.15) is 32.8 Å². The van der Waals surface area contributed by atoms with Crippen molar-refractivity contribution >= 4 is 47.0 Å². The number of carbonyl (C=O) groups excluding carboxylic acids is 3. The molecule has 4 rings (SSSR count). The highest BCUT2D eigenvalue weighted by Gasteiger charge is 2.33. The van der Waals surface area contributed by atoms with E-state index in [2.05, 4.69) is 29.4 Å². The van der Waals surface area contributed by atoms with Gasteiger partial charge in [-0.3, -0.25) is 19.4 Å². The number of thiocarbonyl (C=S) groups is 1. The molecule has 2 N–H and O–H groups in total. The lowest BCUT2D eigenvalue weighted by Gasteiger charge is -2.20. The molecule has 40 heavy (non-hydrogen) atoms. The zero-order valence-electron chi connectivity index (χ0n) is 22.9. The molecule has 0 aliphatic carbocycles. The van der Waals surface area contributed by atoms with E-state index >= 15 is 4.39 Å². The number of rotatable bonds is 11. The van der Waals surface area contributed by atoms with Gasteiger partial charge in [0, 0.05) is 19.0 Å². The third-order valence-corrected chi connectivity index (χ3v) is 7.29. The van der Waals surface area contributed by atoms with Gasteiger partial charge in [0.05, 0.1) is 18.8 Å². The highest BCUT2D eigenvalue weighted by Crippen LogP contribution is 2.29. The smallest absolute Gasteiger partial charge is 0.414 e. The Hall–Kier alpha value is -3.83. The van der Waals surface area contributed by atoms with Gasteiger partial charge in [0.1, 0.15) is 17.6 Å². The van der Waals surface area contributed by atoms with Crippen LogP contribution in [-0.4, -0.2) is 78.2 Å². The topological polar surface area (TPSA) is 94.2 Å². The number of nitrogens with zero attached hydrogens (tertiary/aromatic N) is 3. The van der Waals surface area contributed by atoms with Crippen LogP contribution in [-0.2, 0) is 14.3 Å². The molecular weight excluding hydrogens is 533 g/mol. The summed E-state index contributed by atoms with van der Waals surface area (Å²) < 4.78 is 20.4. The molecule has 0 aromatic heterocycles. The quantitative estimate of drug-likeness (QED) is 0.316. The zero-order chi connectivity index (χ0) is 28.8. The second-order valence-electron chi connectivity index (χ2n) is 9.67. The van der Waals surface area contributed by atoms with Crippen LogP contribution >= 0.6 is 12.2 Å². The van der Waals surface area contributed by atoms with Gasteiger partial charge < -0.3 is 20.3 Å². The third-order valence-electron chi connectivity index (χ3n) is 6.96. The molecule has 0 unspecified atom stereocenters. The second-order valence-corrected chi connectivity index (χ2v) is 10.1. The lowest BCUT2D eigenvalue weighted by Crippen LogP contribution is -2.34. The van der Waals surface area contributed by atoms with Crippen LogP contribution in [0.5, 0.6) is 0 Å². The summed E-state index contributed by atoms with van der Waals surface area (Å²) in [7, 11) is 0. The Morgan fingerprint density at radius 2 is 1.93 bits per heavy atom. The van der Waals surface area contributed by atoms with E-state index in [0.29, 0.717) is 34.2 Å². The fourth-order valence-corrected chi connectivity index (χ4v) is 4.98. The standard InChI is InChI=1S/C29H34FN5O4S/c1-4-33(5-2)13-6-14-34-27(37)26(32-28(34)40)15-20-7-9-21(10-8-20)24-12-11-22(16-25(24)30)35-18-23(39-29(35)38)17-31-19(3)36/h7-12,15-16,23H,4-6,13-14,17-18H2,1-3H3,(H,31,36)(H,32,40)/b26-15-/t23-/m0/s1. The first kappa shape index (κ1) is 29.2. The van der Waals surface area contributed by atoms with E-state index in [1.807, 2.05) is 0 Å². The SMILES string of the molecule is CCN(CC)CCCN1C(=O)/C(=C/c2ccc(-c3ccc(N4C[C@H](CNC(C)=O)OC4=O)cc3F)cc2)NC1=S. The van der Waals surface area contributed by atoms with Crippen molar-refractivity contribution in [1.82, 2.24) is 20.4 Å². The maximum absolute atomic E-state index is 15.1. The molecule has 9 nitrogen and oxygen atoms in total. The number of nitrogens with one attached hydrogen (secondary N) is 2. The Balaban J connectivity index is 1.40. The van der Waals surface area contributed by atoms with Crippen molar-refractivity contribution in [1.29, 1.82) is 0 Å². The monoisotopic (exact) mass is 567 g/mol. The zero-order valence-corrected chi connectivity index (χ0v) is 23.7. The maximum Gasteiger partial charge on any atom is 0.414 e. The second kappa shape index (κ2) is 13.0. The van der Waals surface area contributed by atoms with Gasteiger partial charge in [-0.1, -0.05) is 38.1 Å². The van der Waals surface area contributed by atoms with Gasteiger partial charge in [-0.05, 0) is 73.7 Å². The molecule has 2 saturated heterocycles. The molecule has 0 spiro atoms. The van der Waals surface area contributed by atoms with Crippen LogP contribution in [0.4, 0.5) is 14.9 Å². The van der Waals surface area contributed by atoms with Crippen molar-refractivity contribution in [3.8, 4) is 11.1 Å². The van der Waals surface area contributed by atoms with Crippen molar-refractivity contribution in [2.75, 3.05) is 44.2 Å². The Morgan fingerprint density at radius 1 is 1.20 bits per heavy atom. The summed E-state index contributed by atoms with van der Waals surface area (Å²) in [5, 5.41) is 6.03. The summed E-state index contributed by atoms with van der Waals surface area (Å²) in [6.45, 7) is 9.42. The molecule has 2 aromatic rings. The molecule has 0 saturated carbocycles. The molecular formula is C29H34FN5O4S. The molecule has 2 aliphatic heterocycles. The number of hydrogen-bond donors (Lipinski definition) is 2. The lowest BCUT2D eigenvalue weighted by molar-refractivity contribution is -0.122. The van der Waals surface area contributed by atoms with Crippen molar-refractivity contribution in [2.45, 2.75) is 33.3 Å². The van der Waals surface area contributed by atoms with Crippen molar-refractivity contribution in [3.05, 3.63) is 59.5 Å². The molecule has 1 atom stereocenters. The van der Waals surface area contributed by atoms with Crippen LogP contribution in [0.2, 0.25) is 0 Å². The number of anilines is 1. The molecule has 3 amide bonds. The van der Waals surface area contributed by atoms with Crippen LogP contribution in [0.3, 0.4) is 0 Å². The minimum atomic E-state index is -0.586. The third kappa shape index (κ3) is 6.83. The molecule has 2 fully saturated rings. The van der Waals surface area contributed by atoms with Gasteiger partial charge in [-0.15, -0.1) is 0 Å². The molecule has 0 bridgehead atoms. The molecule has 2 heterocycles. The molecule has 2 aliphatic rings. The van der Waals surface area contributed by atoms with Crippen molar-refractivity contribution in [2.24, 2.45) is 0 Å². The summed E-state index contributed by atoms with van der Waals surface area (Å²) in [5.74, 6) is -0.861. The first-order valence-electron chi connectivity index (χ1n) is 13.4. The van der Waals surface area contributed by atoms with Gasteiger partial charge in [0.2, 0.25) is 5.91 Å². The first-order chi connectivity index (χ1) is 19.2. The average molecular weight is 568 g/mol. The van der Waals surface area contributed by atoms with E-state index in [-0.39, 0.29) is 24.9 Å². The number of ether oxygens (including phenoxy) is 1. The minimum Gasteiger partial charge on any atom is -0.442 e. The Labute approximate surface area is 238 Å². The van der Waals surface area contributed by atoms with E-state index in [0.717, 1.165) is 31.6 Å². The lowest BCUT2D eigenvalue weighted by atomic mass is 10.0. The molecule has 212 valence electrons. The number of hydrogen-bond acceptors (Lipinski definition) is 6. The summed E-state index contributed by atoms with van der Waals surface area (Å²) in [6, 6.07) is 11.7. The van der Waals surface area contributed by atoms with Crippen LogP contribution < -0.4 is 15.5 Å². The summed E-state index contributed by atoms with van der Waals surface area (Å²) in [4.78, 5) is 41.5. The van der Waals surface area contributed by atoms with Crippen LogP contribution in [0, 0.1) is 5.82 Å². The number of carbonyl (C=O) groups is 3.